The molecule has 1 amide bonds. The Morgan fingerprint density at radius 2 is 2.41 bits per heavy atom. The molecule has 1 atom stereocenters. The highest BCUT2D eigenvalue weighted by molar-refractivity contribution is 7.16. The second-order valence-corrected chi connectivity index (χ2v) is 5.08. The first-order valence-electron chi connectivity index (χ1n) is 4.87. The zero-order valence-corrected chi connectivity index (χ0v) is 10.3. The fraction of sp³-hybridized carbons (Fsp3) is 0.200. The van der Waals surface area contributed by atoms with Gasteiger partial charge in [0.05, 0.1) is 4.34 Å². The molecule has 0 aliphatic heterocycles. The molecule has 1 unspecified atom stereocenters. The molecule has 0 fully saturated rings. The number of nitrogens with zero attached hydrogens (tertiary/aromatic N) is 1. The highest BCUT2D eigenvalue weighted by atomic mass is 35.5. The van der Waals surface area contributed by atoms with E-state index in [4.69, 9.17) is 11.6 Å². The lowest BCUT2D eigenvalue weighted by atomic mass is 10.3. The van der Waals surface area contributed by atoms with Crippen LogP contribution < -0.4 is 5.32 Å². The van der Waals surface area contributed by atoms with Gasteiger partial charge in [-0.25, -0.2) is 0 Å². The Hall–Kier alpha value is -1.37. The molecule has 0 spiro atoms. The normalized spacial score (nSPS) is 12.4. The number of thiophene rings is 1. The van der Waals surface area contributed by atoms with Crippen LogP contribution in [-0.4, -0.2) is 27.8 Å². The Bertz CT molecular complexity index is 497. The van der Waals surface area contributed by atoms with Crippen molar-refractivity contribution >= 4 is 28.8 Å². The number of carbonyl (C=O) groups excluding carboxylic acids is 1. The molecule has 17 heavy (non-hydrogen) atoms. The smallest absolute Gasteiger partial charge is 0.269 e. The standard InChI is InChI=1S/C10H10ClN3O2S/c11-9-2-1-8(17-9)7(15)5-12-10(16)6-3-4-13-14-6/h1-4,7,15H,5H2,(H,12,16)(H,13,14). The van der Waals surface area contributed by atoms with E-state index in [1.807, 2.05) is 0 Å². The summed E-state index contributed by atoms with van der Waals surface area (Å²) < 4.78 is 0.610. The lowest BCUT2D eigenvalue weighted by molar-refractivity contribution is 0.0913. The van der Waals surface area contributed by atoms with Gasteiger partial charge in [0.2, 0.25) is 0 Å². The van der Waals surface area contributed by atoms with Crippen molar-refractivity contribution in [3.05, 3.63) is 39.3 Å². The van der Waals surface area contributed by atoms with Crippen molar-refractivity contribution in [1.82, 2.24) is 15.5 Å². The molecular weight excluding hydrogens is 262 g/mol. The van der Waals surface area contributed by atoms with Gasteiger partial charge in [0.15, 0.2) is 0 Å². The number of hydrogen-bond acceptors (Lipinski definition) is 4. The number of amides is 1. The maximum atomic E-state index is 11.5. The van der Waals surface area contributed by atoms with Crippen LogP contribution in [0.5, 0.6) is 0 Å². The van der Waals surface area contributed by atoms with E-state index in [1.165, 1.54) is 17.5 Å². The first-order valence-corrected chi connectivity index (χ1v) is 6.07. The van der Waals surface area contributed by atoms with Crippen LogP contribution in [0.2, 0.25) is 4.34 Å². The van der Waals surface area contributed by atoms with Crippen molar-refractivity contribution in [2.45, 2.75) is 6.10 Å². The quantitative estimate of drug-likeness (QED) is 0.790. The van der Waals surface area contributed by atoms with Crippen LogP contribution in [0.1, 0.15) is 21.5 Å². The van der Waals surface area contributed by atoms with Crippen molar-refractivity contribution in [3.8, 4) is 0 Å². The number of carbonyl (C=O) groups is 1. The van der Waals surface area contributed by atoms with Crippen molar-refractivity contribution in [2.24, 2.45) is 0 Å². The number of aromatic amines is 1. The minimum absolute atomic E-state index is 0.134. The number of H-pyrrole nitrogens is 1. The number of aliphatic hydroxyl groups is 1. The average molecular weight is 272 g/mol. The predicted octanol–water partition coefficient (Wildman–Crippen LogP) is 1.59. The van der Waals surface area contributed by atoms with E-state index >= 15 is 0 Å². The molecule has 0 aliphatic rings. The molecule has 0 bridgehead atoms. The third-order valence-corrected chi connectivity index (χ3v) is 3.46. The first kappa shape index (κ1) is 12.1. The number of rotatable bonds is 4. The lowest BCUT2D eigenvalue weighted by Crippen LogP contribution is -2.28. The summed E-state index contributed by atoms with van der Waals surface area (Å²) in [7, 11) is 0. The van der Waals surface area contributed by atoms with Gasteiger partial charge in [-0.2, -0.15) is 5.10 Å². The van der Waals surface area contributed by atoms with Crippen LogP contribution in [0.3, 0.4) is 0 Å². The Morgan fingerprint density at radius 1 is 1.59 bits per heavy atom. The second-order valence-electron chi connectivity index (χ2n) is 3.34. The Balaban J connectivity index is 1.88. The third-order valence-electron chi connectivity index (χ3n) is 2.12. The topological polar surface area (TPSA) is 78.0 Å². The number of aliphatic hydroxyl groups excluding tert-OH is 1. The van der Waals surface area contributed by atoms with Crippen LogP contribution in [0, 0.1) is 0 Å². The number of nitrogens with one attached hydrogen (secondary N) is 2. The maximum absolute atomic E-state index is 11.5. The Kier molecular flexibility index (Phi) is 3.78. The number of hydrogen-bond donors (Lipinski definition) is 3. The van der Waals surface area contributed by atoms with Crippen LogP contribution >= 0.6 is 22.9 Å². The summed E-state index contributed by atoms with van der Waals surface area (Å²) in [5, 5.41) is 18.6. The molecule has 7 heteroatoms. The predicted molar refractivity (Wildman–Crippen MR) is 65.2 cm³/mol. The van der Waals surface area contributed by atoms with Gasteiger partial charge in [0.1, 0.15) is 11.8 Å². The SMILES string of the molecule is O=C(NCC(O)c1ccc(Cl)s1)c1ccn[nH]1. The van der Waals surface area contributed by atoms with E-state index in [9.17, 15) is 9.90 Å². The van der Waals surface area contributed by atoms with Gasteiger partial charge in [0, 0.05) is 17.6 Å². The van der Waals surface area contributed by atoms with E-state index < -0.39 is 6.10 Å². The summed E-state index contributed by atoms with van der Waals surface area (Å²) in [6.45, 7) is 0.134. The third kappa shape index (κ3) is 3.06. The average Bonchev–Trinajstić information content (AvgIpc) is 2.95. The second kappa shape index (κ2) is 5.31. The van der Waals surface area contributed by atoms with E-state index in [2.05, 4.69) is 15.5 Å². The Labute approximate surface area is 106 Å². The van der Waals surface area contributed by atoms with Crippen molar-refractivity contribution < 1.29 is 9.90 Å². The van der Waals surface area contributed by atoms with E-state index in [0.29, 0.717) is 10.0 Å². The molecule has 2 heterocycles. The van der Waals surface area contributed by atoms with E-state index in [-0.39, 0.29) is 12.5 Å². The van der Waals surface area contributed by atoms with Gasteiger partial charge in [-0.15, -0.1) is 11.3 Å². The lowest BCUT2D eigenvalue weighted by Gasteiger charge is -2.09. The van der Waals surface area contributed by atoms with Gasteiger partial charge in [-0.3, -0.25) is 9.89 Å². The molecule has 0 saturated heterocycles. The van der Waals surface area contributed by atoms with E-state index in [1.54, 1.807) is 18.2 Å². The van der Waals surface area contributed by atoms with Gasteiger partial charge in [-0.1, -0.05) is 11.6 Å². The van der Waals surface area contributed by atoms with Crippen molar-refractivity contribution in [1.29, 1.82) is 0 Å². The molecule has 0 saturated carbocycles. The zero-order valence-electron chi connectivity index (χ0n) is 8.68. The van der Waals surface area contributed by atoms with Crippen LogP contribution in [0.25, 0.3) is 0 Å². The molecular formula is C10H10ClN3O2S. The van der Waals surface area contributed by atoms with Gasteiger partial charge >= 0.3 is 0 Å². The maximum Gasteiger partial charge on any atom is 0.269 e. The van der Waals surface area contributed by atoms with Gasteiger partial charge < -0.3 is 10.4 Å². The van der Waals surface area contributed by atoms with Crippen molar-refractivity contribution in [3.63, 3.8) is 0 Å². The summed E-state index contributed by atoms with van der Waals surface area (Å²) in [5.41, 5.74) is 0.362. The van der Waals surface area contributed by atoms with Gasteiger partial charge in [-0.05, 0) is 18.2 Å². The minimum Gasteiger partial charge on any atom is -0.386 e. The molecule has 3 N–H and O–H groups in total. The molecule has 90 valence electrons. The summed E-state index contributed by atoms with van der Waals surface area (Å²) in [6.07, 6.45) is 0.740. The largest absolute Gasteiger partial charge is 0.386 e. The zero-order chi connectivity index (χ0) is 12.3. The Morgan fingerprint density at radius 3 is 3.00 bits per heavy atom. The van der Waals surface area contributed by atoms with Crippen LogP contribution in [-0.2, 0) is 0 Å². The molecule has 0 aliphatic carbocycles. The van der Waals surface area contributed by atoms with Gasteiger partial charge in [0.25, 0.3) is 5.91 Å². The van der Waals surface area contributed by atoms with Crippen LogP contribution in [0.4, 0.5) is 0 Å². The summed E-state index contributed by atoms with van der Waals surface area (Å²) >= 11 is 7.04. The highest BCUT2D eigenvalue weighted by Gasteiger charge is 2.13. The summed E-state index contributed by atoms with van der Waals surface area (Å²) in [4.78, 5) is 12.3. The first-order chi connectivity index (χ1) is 8.16. The monoisotopic (exact) mass is 271 g/mol. The fourth-order valence-electron chi connectivity index (χ4n) is 1.27. The fourth-order valence-corrected chi connectivity index (χ4v) is 2.32. The molecule has 2 rings (SSSR count). The summed E-state index contributed by atoms with van der Waals surface area (Å²) in [5.74, 6) is -0.302. The van der Waals surface area contributed by atoms with Crippen LogP contribution in [0.15, 0.2) is 24.4 Å². The van der Waals surface area contributed by atoms with Crippen molar-refractivity contribution in [2.75, 3.05) is 6.54 Å². The molecule has 2 aromatic rings. The molecule has 5 nitrogen and oxygen atoms in total. The molecule has 0 aromatic carbocycles. The number of aromatic nitrogens is 2. The summed E-state index contributed by atoms with van der Waals surface area (Å²) in [6, 6.07) is 5.01. The molecule has 0 radical (unpaired) electrons. The minimum atomic E-state index is -0.751. The molecule has 2 aromatic heterocycles. The highest BCUT2D eigenvalue weighted by Crippen LogP contribution is 2.26. The van der Waals surface area contributed by atoms with E-state index in [0.717, 1.165) is 4.88 Å². The number of halogens is 1.